The van der Waals surface area contributed by atoms with E-state index in [9.17, 15) is 15.3 Å². The third kappa shape index (κ3) is 3.74. The van der Waals surface area contributed by atoms with Crippen molar-refractivity contribution in [1.82, 2.24) is 0 Å². The molecule has 0 aliphatic carbocycles. The number of benzene rings is 1. The van der Waals surface area contributed by atoms with Crippen molar-refractivity contribution in [3.8, 4) is 5.75 Å². The van der Waals surface area contributed by atoms with Crippen LogP contribution in [0.3, 0.4) is 0 Å². The van der Waals surface area contributed by atoms with Crippen LogP contribution in [-0.4, -0.2) is 15.3 Å². The Morgan fingerprint density at radius 3 is 1.75 bits per heavy atom. The molecule has 3 heteroatoms. The van der Waals surface area contributed by atoms with E-state index < -0.39 is 0 Å². The van der Waals surface area contributed by atoms with E-state index in [1.54, 1.807) is 0 Å². The molecule has 0 spiro atoms. The fraction of sp³-hybridized carbons (Fsp3) is 0.647. The Balaban J connectivity index is 3.24. The first kappa shape index (κ1) is 17.0. The van der Waals surface area contributed by atoms with Crippen molar-refractivity contribution in [3.05, 3.63) is 28.8 Å². The van der Waals surface area contributed by atoms with Gasteiger partial charge in [0, 0.05) is 11.1 Å². The molecule has 0 saturated heterocycles. The van der Waals surface area contributed by atoms with Gasteiger partial charge in [0.25, 0.3) is 0 Å². The molecule has 20 heavy (non-hydrogen) atoms. The molecule has 0 atom stereocenters. The summed E-state index contributed by atoms with van der Waals surface area (Å²) in [5, 5.41) is 28.7. The lowest BCUT2D eigenvalue weighted by molar-refractivity contribution is 0.245. The highest BCUT2D eigenvalue weighted by atomic mass is 16.3. The molecule has 0 unspecified atom stereocenters. The fourth-order valence-electron chi connectivity index (χ4n) is 2.82. The largest absolute Gasteiger partial charge is 0.507 e. The van der Waals surface area contributed by atoms with Crippen LogP contribution in [0.4, 0.5) is 0 Å². The third-order valence-electron chi connectivity index (χ3n) is 4.27. The van der Waals surface area contributed by atoms with Crippen LogP contribution in [0, 0.1) is 5.41 Å². The summed E-state index contributed by atoms with van der Waals surface area (Å²) in [5.41, 5.74) is 2.15. The molecule has 3 N–H and O–H groups in total. The van der Waals surface area contributed by atoms with Gasteiger partial charge in [-0.1, -0.05) is 41.0 Å². The maximum atomic E-state index is 9.94. The first-order valence-electron chi connectivity index (χ1n) is 7.24. The highest BCUT2D eigenvalue weighted by Crippen LogP contribution is 2.40. The minimum absolute atomic E-state index is 0.00398. The Kier molecular flexibility index (Phi) is 5.22. The van der Waals surface area contributed by atoms with E-state index >= 15 is 0 Å². The smallest absolute Gasteiger partial charge is 0.126 e. The van der Waals surface area contributed by atoms with Crippen LogP contribution in [0.1, 0.15) is 64.2 Å². The molecule has 0 amide bonds. The third-order valence-corrected chi connectivity index (χ3v) is 4.27. The van der Waals surface area contributed by atoms with Gasteiger partial charge >= 0.3 is 0 Å². The van der Waals surface area contributed by atoms with E-state index in [2.05, 4.69) is 34.6 Å². The van der Waals surface area contributed by atoms with Gasteiger partial charge in [-0.3, -0.25) is 0 Å². The highest BCUT2D eigenvalue weighted by Gasteiger charge is 2.30. The maximum Gasteiger partial charge on any atom is 0.126 e. The number of rotatable bonds is 6. The van der Waals surface area contributed by atoms with Crippen molar-refractivity contribution < 1.29 is 15.3 Å². The summed E-state index contributed by atoms with van der Waals surface area (Å²) < 4.78 is 0. The van der Waals surface area contributed by atoms with Gasteiger partial charge in [0.05, 0.1) is 13.2 Å². The Labute approximate surface area is 122 Å². The van der Waals surface area contributed by atoms with E-state index in [0.29, 0.717) is 11.1 Å². The van der Waals surface area contributed by atoms with Crippen LogP contribution in [0.15, 0.2) is 12.1 Å². The van der Waals surface area contributed by atoms with E-state index in [-0.39, 0.29) is 29.8 Å². The quantitative estimate of drug-likeness (QED) is 0.747. The van der Waals surface area contributed by atoms with E-state index in [1.165, 1.54) is 0 Å². The number of aliphatic hydroxyl groups excluding tert-OH is 2. The van der Waals surface area contributed by atoms with Crippen molar-refractivity contribution >= 4 is 0 Å². The number of aromatic hydroxyl groups is 1. The standard InChI is InChI=1S/C17H28O3/c1-6-16(2,3)11-17(4,5)14-7-12(9-18)15(20)13(8-14)10-19/h7-8,18-20H,6,9-11H2,1-5H3. The van der Waals surface area contributed by atoms with E-state index in [1.807, 2.05) is 12.1 Å². The molecule has 1 rings (SSSR count). The first-order valence-corrected chi connectivity index (χ1v) is 7.24. The van der Waals surface area contributed by atoms with Gasteiger partial charge in [-0.05, 0) is 34.9 Å². The van der Waals surface area contributed by atoms with Crippen molar-refractivity contribution in [1.29, 1.82) is 0 Å². The van der Waals surface area contributed by atoms with Gasteiger partial charge in [0.1, 0.15) is 5.75 Å². The molecule has 0 saturated carbocycles. The summed E-state index contributed by atoms with van der Waals surface area (Å²) in [5.74, 6) is 0.00398. The van der Waals surface area contributed by atoms with Crippen molar-refractivity contribution in [2.75, 3.05) is 0 Å². The minimum atomic E-state index is -0.222. The number of aliphatic hydroxyl groups is 2. The second-order valence-electron chi connectivity index (χ2n) is 7.04. The van der Waals surface area contributed by atoms with Gasteiger partial charge < -0.3 is 15.3 Å². The molecule has 0 aliphatic heterocycles. The highest BCUT2D eigenvalue weighted by molar-refractivity contribution is 5.45. The van der Waals surface area contributed by atoms with Gasteiger partial charge in [-0.25, -0.2) is 0 Å². The molecule has 1 aromatic carbocycles. The molecular formula is C17H28O3. The van der Waals surface area contributed by atoms with Crippen LogP contribution in [0.5, 0.6) is 5.75 Å². The second kappa shape index (κ2) is 6.15. The van der Waals surface area contributed by atoms with Crippen LogP contribution in [-0.2, 0) is 18.6 Å². The van der Waals surface area contributed by atoms with E-state index in [0.717, 1.165) is 18.4 Å². The number of hydrogen-bond donors (Lipinski definition) is 3. The zero-order chi connectivity index (χ0) is 15.6. The van der Waals surface area contributed by atoms with Gasteiger partial charge in [-0.15, -0.1) is 0 Å². The molecule has 0 bridgehead atoms. The summed E-state index contributed by atoms with van der Waals surface area (Å²) in [6, 6.07) is 3.69. The summed E-state index contributed by atoms with van der Waals surface area (Å²) in [4.78, 5) is 0. The van der Waals surface area contributed by atoms with E-state index in [4.69, 9.17) is 0 Å². The van der Waals surface area contributed by atoms with Crippen molar-refractivity contribution in [2.45, 2.75) is 66.1 Å². The van der Waals surface area contributed by atoms with Gasteiger partial charge in [-0.2, -0.15) is 0 Å². The average Bonchev–Trinajstić information content (AvgIpc) is 2.37. The monoisotopic (exact) mass is 280 g/mol. The molecule has 0 fully saturated rings. The molecule has 0 heterocycles. The summed E-state index contributed by atoms with van der Waals surface area (Å²) in [6.45, 7) is 10.6. The summed E-state index contributed by atoms with van der Waals surface area (Å²) in [7, 11) is 0. The van der Waals surface area contributed by atoms with Crippen LogP contribution in [0.2, 0.25) is 0 Å². The predicted octanol–water partition coefficient (Wildman–Crippen LogP) is 3.48. The zero-order valence-electron chi connectivity index (χ0n) is 13.3. The van der Waals surface area contributed by atoms with Gasteiger partial charge in [0.2, 0.25) is 0 Å². The minimum Gasteiger partial charge on any atom is -0.507 e. The summed E-state index contributed by atoms with van der Waals surface area (Å²) in [6.07, 6.45) is 2.09. The van der Waals surface area contributed by atoms with Crippen LogP contribution < -0.4 is 0 Å². The number of hydrogen-bond acceptors (Lipinski definition) is 3. The maximum absolute atomic E-state index is 9.94. The molecule has 1 aromatic rings. The van der Waals surface area contributed by atoms with Gasteiger partial charge in [0.15, 0.2) is 0 Å². The predicted molar refractivity (Wildman–Crippen MR) is 81.7 cm³/mol. The lowest BCUT2D eigenvalue weighted by Gasteiger charge is -2.35. The molecule has 0 radical (unpaired) electrons. The number of phenols is 1. The Bertz CT molecular complexity index is 436. The molecular weight excluding hydrogens is 252 g/mol. The first-order chi connectivity index (χ1) is 9.16. The fourth-order valence-corrected chi connectivity index (χ4v) is 2.82. The second-order valence-corrected chi connectivity index (χ2v) is 7.04. The Morgan fingerprint density at radius 2 is 1.40 bits per heavy atom. The lowest BCUT2D eigenvalue weighted by atomic mass is 9.70. The molecule has 114 valence electrons. The topological polar surface area (TPSA) is 60.7 Å². The Morgan fingerprint density at radius 1 is 0.950 bits per heavy atom. The van der Waals surface area contributed by atoms with Crippen molar-refractivity contribution in [2.24, 2.45) is 5.41 Å². The Hall–Kier alpha value is -1.06. The van der Waals surface area contributed by atoms with Crippen LogP contribution in [0.25, 0.3) is 0 Å². The normalized spacial score (nSPS) is 12.8. The van der Waals surface area contributed by atoms with Crippen molar-refractivity contribution in [3.63, 3.8) is 0 Å². The molecule has 0 aromatic heterocycles. The zero-order valence-corrected chi connectivity index (χ0v) is 13.3. The molecule has 3 nitrogen and oxygen atoms in total. The summed E-state index contributed by atoms with van der Waals surface area (Å²) >= 11 is 0. The SMILES string of the molecule is CCC(C)(C)CC(C)(C)c1cc(CO)c(O)c(CO)c1. The molecule has 0 aliphatic rings. The lowest BCUT2D eigenvalue weighted by Crippen LogP contribution is -2.26. The average molecular weight is 280 g/mol. The van der Waals surface area contributed by atoms with Crippen LogP contribution >= 0.6 is 0 Å².